The van der Waals surface area contributed by atoms with E-state index >= 15 is 0 Å². The second-order valence-corrected chi connectivity index (χ2v) is 9.44. The first-order valence-corrected chi connectivity index (χ1v) is 11.2. The highest BCUT2D eigenvalue weighted by Gasteiger charge is 2.66. The van der Waals surface area contributed by atoms with Gasteiger partial charge in [0, 0.05) is 16.5 Å². The lowest BCUT2D eigenvalue weighted by Gasteiger charge is -2.35. The van der Waals surface area contributed by atoms with Crippen molar-refractivity contribution in [2.75, 3.05) is 0 Å². The van der Waals surface area contributed by atoms with Gasteiger partial charge in [0.25, 0.3) is 0 Å². The zero-order valence-corrected chi connectivity index (χ0v) is 18.0. The molecule has 7 heteroatoms. The van der Waals surface area contributed by atoms with Gasteiger partial charge < -0.3 is 14.2 Å². The van der Waals surface area contributed by atoms with Crippen LogP contribution in [0.2, 0.25) is 0 Å². The minimum atomic E-state index is -0.893. The summed E-state index contributed by atoms with van der Waals surface area (Å²) < 4.78 is 17.4. The Bertz CT molecular complexity index is 893. The third-order valence-corrected chi connectivity index (χ3v) is 7.69. The number of hydrogen-bond donors (Lipinski definition) is 0. The van der Waals surface area contributed by atoms with Crippen molar-refractivity contribution in [3.8, 4) is 0 Å². The van der Waals surface area contributed by atoms with Crippen LogP contribution in [0.5, 0.6) is 0 Å². The second kappa shape index (κ2) is 8.86. The van der Waals surface area contributed by atoms with Gasteiger partial charge in [0.2, 0.25) is 0 Å². The monoisotopic (exact) mass is 424 g/mol. The lowest BCUT2D eigenvalue weighted by atomic mass is 9.80. The molecule has 2 aromatic carbocycles. The van der Waals surface area contributed by atoms with Gasteiger partial charge in [-0.15, -0.1) is 11.8 Å². The maximum Gasteiger partial charge on any atom is 0.313 e. The van der Waals surface area contributed by atoms with Gasteiger partial charge in [0.05, 0.1) is 6.42 Å². The summed E-state index contributed by atoms with van der Waals surface area (Å²) in [4.78, 5) is 25.8. The largest absolute Gasteiger partial charge is 0.461 e. The third kappa shape index (κ3) is 4.14. The number of rotatable bonds is 7. The predicted molar refractivity (Wildman–Crippen MR) is 118 cm³/mol. The molecule has 2 aromatic rings. The van der Waals surface area contributed by atoms with Crippen LogP contribution >= 0.6 is 11.8 Å². The summed E-state index contributed by atoms with van der Waals surface area (Å²) in [6.45, 7) is 2.43. The van der Waals surface area contributed by atoms with Crippen molar-refractivity contribution in [1.82, 2.24) is 0 Å². The first-order chi connectivity index (χ1) is 14.5. The van der Waals surface area contributed by atoms with Crippen LogP contribution in [0.3, 0.4) is 0 Å². The summed E-state index contributed by atoms with van der Waals surface area (Å²) in [7, 11) is 1.96. The van der Waals surface area contributed by atoms with Crippen LogP contribution in [0.25, 0.3) is 0 Å². The minimum absolute atomic E-state index is 0.00255. The lowest BCUT2D eigenvalue weighted by Crippen LogP contribution is -2.47. The molecule has 2 aliphatic heterocycles. The second-order valence-electron chi connectivity index (χ2n) is 7.91. The molecule has 0 spiro atoms. The first kappa shape index (κ1) is 21.0. The molecule has 2 heterocycles. The number of carbonyl (C=O) groups is 2. The highest BCUT2D eigenvalue weighted by atomic mass is 32.2. The summed E-state index contributed by atoms with van der Waals surface area (Å²) in [6, 6.07) is 19.0. The Hall–Kier alpha value is -2.25. The van der Waals surface area contributed by atoms with Gasteiger partial charge in [-0.2, -0.15) is 0 Å². The average molecular weight is 424 g/mol. The Morgan fingerprint density at radius 1 is 1.00 bits per heavy atom. The van der Waals surface area contributed by atoms with Crippen molar-refractivity contribution >= 4 is 31.5 Å². The SMILES string of the molecule is B[C@@H]1O[C@@]2(CC(=O)OCc3ccccc3)C(C)SC1C2C(=O)OCc1ccccc1. The van der Waals surface area contributed by atoms with E-state index in [-0.39, 0.29) is 48.1 Å². The van der Waals surface area contributed by atoms with Crippen LogP contribution in [-0.4, -0.2) is 41.9 Å². The maximum atomic E-state index is 13.1. The molecule has 4 rings (SSSR count). The molecule has 2 aliphatic rings. The fourth-order valence-electron chi connectivity index (χ4n) is 4.39. The van der Waals surface area contributed by atoms with E-state index in [4.69, 9.17) is 14.2 Å². The number of hydrogen-bond acceptors (Lipinski definition) is 6. The van der Waals surface area contributed by atoms with Gasteiger partial charge in [-0.1, -0.05) is 67.6 Å². The molecular formula is C23H25BO5S. The Labute approximate surface area is 181 Å². The smallest absolute Gasteiger partial charge is 0.313 e. The Balaban J connectivity index is 1.44. The minimum Gasteiger partial charge on any atom is -0.461 e. The summed E-state index contributed by atoms with van der Waals surface area (Å²) >= 11 is 1.70. The number of thioether (sulfide) groups is 1. The molecule has 0 radical (unpaired) electrons. The van der Waals surface area contributed by atoms with Crippen LogP contribution < -0.4 is 0 Å². The number of benzene rings is 2. The number of fused-ring (bicyclic) bond motifs is 2. The highest BCUT2D eigenvalue weighted by molar-refractivity contribution is 8.01. The Kier molecular flexibility index (Phi) is 6.20. The van der Waals surface area contributed by atoms with Crippen LogP contribution in [-0.2, 0) is 37.0 Å². The first-order valence-electron chi connectivity index (χ1n) is 10.2. The molecule has 0 N–H and O–H groups in total. The van der Waals surface area contributed by atoms with Crippen LogP contribution in [0.1, 0.15) is 24.5 Å². The number of esters is 2. The van der Waals surface area contributed by atoms with Crippen molar-refractivity contribution in [3.63, 3.8) is 0 Å². The van der Waals surface area contributed by atoms with E-state index in [0.717, 1.165) is 11.1 Å². The molecule has 0 amide bonds. The Morgan fingerprint density at radius 3 is 2.17 bits per heavy atom. The molecule has 2 bridgehead atoms. The average Bonchev–Trinajstić information content (AvgIpc) is 3.19. The maximum absolute atomic E-state index is 13.1. The summed E-state index contributed by atoms with van der Waals surface area (Å²) in [6.07, 6.45) is 0.0416. The van der Waals surface area contributed by atoms with E-state index < -0.39 is 11.5 Å². The fourth-order valence-corrected chi connectivity index (χ4v) is 6.15. The Morgan fingerprint density at radius 2 is 1.57 bits per heavy atom. The molecule has 2 saturated heterocycles. The topological polar surface area (TPSA) is 61.8 Å². The predicted octanol–water partition coefficient (Wildman–Crippen LogP) is 2.71. The van der Waals surface area contributed by atoms with Crippen LogP contribution in [0.15, 0.2) is 60.7 Å². The summed E-state index contributed by atoms with van der Waals surface area (Å²) in [5.74, 6) is -1.15. The summed E-state index contributed by atoms with van der Waals surface area (Å²) in [5, 5.41) is -0.0255. The van der Waals surface area contributed by atoms with E-state index in [0.29, 0.717) is 0 Å². The van der Waals surface area contributed by atoms with Gasteiger partial charge in [-0.05, 0) is 11.1 Å². The molecule has 3 unspecified atom stereocenters. The molecule has 5 nitrogen and oxygen atoms in total. The van der Waals surface area contributed by atoms with E-state index in [1.807, 2.05) is 75.4 Å². The molecule has 2 fully saturated rings. The van der Waals surface area contributed by atoms with Crippen molar-refractivity contribution < 1.29 is 23.8 Å². The van der Waals surface area contributed by atoms with Gasteiger partial charge in [0.1, 0.15) is 32.6 Å². The van der Waals surface area contributed by atoms with Crippen LogP contribution in [0, 0.1) is 5.92 Å². The van der Waals surface area contributed by atoms with Crippen molar-refractivity contribution in [1.29, 1.82) is 0 Å². The van der Waals surface area contributed by atoms with Crippen molar-refractivity contribution in [2.45, 2.75) is 48.7 Å². The fraction of sp³-hybridized carbons (Fsp3) is 0.391. The van der Waals surface area contributed by atoms with Crippen LogP contribution in [0.4, 0.5) is 0 Å². The van der Waals surface area contributed by atoms with E-state index in [1.165, 1.54) is 0 Å². The molecule has 0 saturated carbocycles. The van der Waals surface area contributed by atoms with Crippen molar-refractivity contribution in [3.05, 3.63) is 71.8 Å². The molecule has 156 valence electrons. The van der Waals surface area contributed by atoms with E-state index in [9.17, 15) is 9.59 Å². The zero-order chi connectivity index (χ0) is 21.1. The molecule has 5 atom stereocenters. The number of ether oxygens (including phenoxy) is 3. The number of carbonyl (C=O) groups excluding carboxylic acids is 2. The quantitative estimate of drug-likeness (QED) is 0.503. The van der Waals surface area contributed by atoms with Gasteiger partial charge in [0.15, 0.2) is 0 Å². The lowest BCUT2D eigenvalue weighted by molar-refractivity contribution is -0.162. The molecule has 30 heavy (non-hydrogen) atoms. The van der Waals surface area contributed by atoms with Crippen molar-refractivity contribution in [2.24, 2.45) is 5.92 Å². The molecular weight excluding hydrogens is 399 g/mol. The van der Waals surface area contributed by atoms with Gasteiger partial charge in [-0.25, -0.2) is 0 Å². The standard InChI is InChI=1S/C23H25BO5S/c1-15-23(12-18(25)27-13-16-8-4-2-5-9-16)19(20(30-15)21(24)29-23)22(26)28-14-17-10-6-3-7-11-17/h2-11,15,19-21H,12-14,24H2,1H3/t15?,19?,20?,21-,23+/m1/s1. The molecule has 0 aliphatic carbocycles. The normalized spacial score (nSPS) is 29.5. The third-order valence-electron chi connectivity index (χ3n) is 5.91. The summed E-state index contributed by atoms with van der Waals surface area (Å²) in [5.41, 5.74) is 0.966. The van der Waals surface area contributed by atoms with E-state index in [2.05, 4.69) is 0 Å². The highest BCUT2D eigenvalue weighted by Crippen LogP contribution is 2.57. The zero-order valence-electron chi connectivity index (χ0n) is 17.2. The molecule has 0 aromatic heterocycles. The van der Waals surface area contributed by atoms with E-state index in [1.54, 1.807) is 11.8 Å². The van der Waals surface area contributed by atoms with Gasteiger partial charge >= 0.3 is 11.9 Å². The van der Waals surface area contributed by atoms with Gasteiger partial charge in [-0.3, -0.25) is 9.59 Å².